The van der Waals surface area contributed by atoms with Crippen molar-refractivity contribution in [3.8, 4) is 11.1 Å². The summed E-state index contributed by atoms with van der Waals surface area (Å²) in [6.45, 7) is 13.8. The molecule has 0 aliphatic heterocycles. The van der Waals surface area contributed by atoms with Crippen molar-refractivity contribution in [2.45, 2.75) is 52.6 Å². The van der Waals surface area contributed by atoms with E-state index in [-0.39, 0.29) is 25.6 Å². The maximum absolute atomic E-state index is 12.4. The largest absolute Gasteiger partial charge is 0.480 e. The summed E-state index contributed by atoms with van der Waals surface area (Å²) >= 11 is 0. The highest BCUT2D eigenvalue weighted by molar-refractivity contribution is 5.79. The molecule has 0 unspecified atom stereocenters. The summed E-state index contributed by atoms with van der Waals surface area (Å²) in [5.74, 6) is -0.410. The molecule has 0 saturated heterocycles. The summed E-state index contributed by atoms with van der Waals surface area (Å²) in [5, 5.41) is 9.68. The van der Waals surface area contributed by atoms with Crippen LogP contribution in [-0.2, 0) is 23.8 Å². The van der Waals surface area contributed by atoms with Gasteiger partial charge in [0, 0.05) is 18.9 Å². The lowest BCUT2D eigenvalue weighted by Crippen LogP contribution is -2.36. The van der Waals surface area contributed by atoms with Gasteiger partial charge in [-0.1, -0.05) is 66.3 Å². The molecule has 216 valence electrons. The third kappa shape index (κ3) is 6.91. The Labute approximate surface area is 242 Å². The van der Waals surface area contributed by atoms with Crippen molar-refractivity contribution in [2.75, 3.05) is 26.3 Å². The molecule has 0 spiro atoms. The fraction of sp³-hybridized carbons (Fsp3) is 0.353. The van der Waals surface area contributed by atoms with Crippen LogP contribution in [-0.4, -0.2) is 53.8 Å². The number of ether oxygens (including phenoxy) is 3. The highest BCUT2D eigenvalue weighted by Crippen LogP contribution is 2.44. The molecule has 0 saturated carbocycles. The molecule has 0 aromatic heterocycles. The smallest absolute Gasteiger partial charge is 0.349 e. The van der Waals surface area contributed by atoms with Gasteiger partial charge >= 0.3 is 11.9 Å². The first-order chi connectivity index (χ1) is 19.5. The third-order valence-electron chi connectivity index (χ3n) is 7.29. The molecule has 2 aliphatic rings. The second-order valence-corrected chi connectivity index (χ2v) is 11.0. The molecule has 0 atom stereocenters. The number of rotatable bonds is 12. The van der Waals surface area contributed by atoms with Crippen molar-refractivity contribution < 1.29 is 28.9 Å². The van der Waals surface area contributed by atoms with Crippen molar-refractivity contribution in [3.05, 3.63) is 107 Å². The van der Waals surface area contributed by atoms with E-state index < -0.39 is 17.5 Å². The Morgan fingerprint density at radius 3 is 2.20 bits per heavy atom. The quantitative estimate of drug-likeness (QED) is 0.233. The number of hydrogen-bond donors (Lipinski definition) is 1. The van der Waals surface area contributed by atoms with Crippen LogP contribution < -0.4 is 0 Å². The molecule has 2 aromatic rings. The van der Waals surface area contributed by atoms with E-state index in [1.54, 1.807) is 25.7 Å². The lowest BCUT2D eigenvalue weighted by molar-refractivity contribution is -0.163. The predicted octanol–water partition coefficient (Wildman–Crippen LogP) is 6.58. The zero-order valence-electron chi connectivity index (χ0n) is 24.5. The van der Waals surface area contributed by atoms with E-state index in [2.05, 4.69) is 30.8 Å². The first-order valence-electron chi connectivity index (χ1n) is 13.9. The van der Waals surface area contributed by atoms with Crippen molar-refractivity contribution in [1.82, 2.24) is 4.90 Å². The van der Waals surface area contributed by atoms with E-state index >= 15 is 0 Å². The highest BCUT2D eigenvalue weighted by Gasteiger charge is 2.33. The zero-order valence-corrected chi connectivity index (χ0v) is 24.5. The summed E-state index contributed by atoms with van der Waals surface area (Å²) in [6, 6.07) is 16.6. The average molecular weight is 558 g/mol. The maximum atomic E-state index is 12.4. The van der Waals surface area contributed by atoms with E-state index in [4.69, 9.17) is 14.2 Å². The van der Waals surface area contributed by atoms with Crippen LogP contribution in [0.1, 0.15) is 58.1 Å². The fourth-order valence-corrected chi connectivity index (χ4v) is 5.35. The van der Waals surface area contributed by atoms with Gasteiger partial charge in [0.25, 0.3) is 0 Å². The van der Waals surface area contributed by atoms with Gasteiger partial charge in [0.2, 0.25) is 0 Å². The number of carboxylic acids is 1. The first-order valence-corrected chi connectivity index (χ1v) is 13.9. The molecule has 0 amide bonds. The molecular formula is C34H39NO6. The molecule has 0 radical (unpaired) electrons. The minimum atomic E-state index is -1.14. The Kier molecular flexibility index (Phi) is 9.06. The molecule has 2 aliphatic carbocycles. The second kappa shape index (κ2) is 12.5. The lowest BCUT2D eigenvalue weighted by Gasteiger charge is -2.27. The van der Waals surface area contributed by atoms with Crippen LogP contribution in [0.25, 0.3) is 11.1 Å². The number of carboxylic acid groups (broad SMARTS) is 1. The monoisotopic (exact) mass is 557 g/mol. The van der Waals surface area contributed by atoms with Crippen LogP contribution in [0.2, 0.25) is 0 Å². The van der Waals surface area contributed by atoms with Crippen LogP contribution in [0.5, 0.6) is 0 Å². The summed E-state index contributed by atoms with van der Waals surface area (Å²) < 4.78 is 17.5. The molecule has 7 nitrogen and oxygen atoms in total. The minimum absolute atomic E-state index is 0.0256. The SMILES string of the molecule is C=C(OCC1c2ccccc2-c2ccccc21)N(CC(=O)O)CC1=CC(C)=C(OC(C)(C)C(=O)OCC)CC(C)=C1. The number of carbonyl (C=O) groups excluding carboxylic acids is 1. The standard InChI is InChI=1S/C34H39NO6/c1-7-39-33(38)34(5,6)41-31-17-22(2)16-25(18-23(31)3)19-35(20-32(36)37)24(4)40-21-30-28-14-10-8-12-26(28)27-13-9-11-15-29(27)30/h8-16,18,30H,4,7,17,19-21H2,1-3,5-6H3,(H,36,37). The van der Waals surface area contributed by atoms with Gasteiger partial charge in [-0.2, -0.15) is 0 Å². The van der Waals surface area contributed by atoms with E-state index in [0.29, 0.717) is 24.7 Å². The Balaban J connectivity index is 1.51. The molecule has 4 rings (SSSR count). The molecule has 2 aromatic carbocycles. The summed E-state index contributed by atoms with van der Waals surface area (Å²) in [4.78, 5) is 25.9. The fourth-order valence-electron chi connectivity index (χ4n) is 5.35. The average Bonchev–Trinajstić information content (AvgIpc) is 3.17. The van der Waals surface area contributed by atoms with Gasteiger partial charge in [-0.3, -0.25) is 4.79 Å². The number of hydrogen-bond acceptors (Lipinski definition) is 6. The minimum Gasteiger partial charge on any atom is -0.480 e. The molecule has 0 heterocycles. The Morgan fingerprint density at radius 2 is 1.61 bits per heavy atom. The number of aliphatic carboxylic acids is 1. The number of carbonyl (C=O) groups is 2. The van der Waals surface area contributed by atoms with Gasteiger partial charge in [-0.25, -0.2) is 4.79 Å². The number of esters is 1. The molecule has 0 fully saturated rings. The van der Waals surface area contributed by atoms with Gasteiger partial charge in [-0.15, -0.1) is 0 Å². The highest BCUT2D eigenvalue weighted by atomic mass is 16.6. The summed E-state index contributed by atoms with van der Waals surface area (Å²) in [7, 11) is 0. The van der Waals surface area contributed by atoms with Gasteiger partial charge in [-0.05, 0) is 74.6 Å². The zero-order chi connectivity index (χ0) is 29.7. The van der Waals surface area contributed by atoms with Crippen LogP contribution in [0.4, 0.5) is 0 Å². The first kappa shape index (κ1) is 29.7. The predicted molar refractivity (Wildman–Crippen MR) is 159 cm³/mol. The topological polar surface area (TPSA) is 85.3 Å². The van der Waals surface area contributed by atoms with Crippen molar-refractivity contribution >= 4 is 11.9 Å². The molecule has 7 heteroatoms. The van der Waals surface area contributed by atoms with Crippen LogP contribution in [0.15, 0.2) is 95.6 Å². The number of allylic oxidation sites excluding steroid dienone is 3. The van der Waals surface area contributed by atoms with E-state index in [9.17, 15) is 14.7 Å². The number of nitrogens with zero attached hydrogens (tertiary/aromatic N) is 1. The molecule has 41 heavy (non-hydrogen) atoms. The van der Waals surface area contributed by atoms with Crippen molar-refractivity contribution in [3.63, 3.8) is 0 Å². The van der Waals surface area contributed by atoms with E-state index in [1.807, 2.05) is 50.3 Å². The van der Waals surface area contributed by atoms with E-state index in [1.165, 1.54) is 22.3 Å². The Bertz CT molecular complexity index is 1380. The van der Waals surface area contributed by atoms with Crippen molar-refractivity contribution in [1.29, 1.82) is 0 Å². The third-order valence-corrected chi connectivity index (χ3v) is 7.29. The van der Waals surface area contributed by atoms with Gasteiger partial charge in [0.1, 0.15) is 18.9 Å². The molecule has 0 bridgehead atoms. The van der Waals surface area contributed by atoms with Gasteiger partial charge in [0.15, 0.2) is 11.5 Å². The van der Waals surface area contributed by atoms with Crippen LogP contribution in [0, 0.1) is 0 Å². The summed E-state index contributed by atoms with van der Waals surface area (Å²) in [5.41, 5.74) is 6.39. The Morgan fingerprint density at radius 1 is 1.00 bits per heavy atom. The molecular weight excluding hydrogens is 518 g/mol. The summed E-state index contributed by atoms with van der Waals surface area (Å²) in [6.07, 6.45) is 4.49. The Hall–Kier alpha value is -4.26. The van der Waals surface area contributed by atoms with E-state index in [0.717, 1.165) is 16.7 Å². The van der Waals surface area contributed by atoms with Gasteiger partial charge in [0.05, 0.1) is 6.61 Å². The molecule has 1 N–H and O–H groups in total. The van der Waals surface area contributed by atoms with Crippen molar-refractivity contribution in [2.24, 2.45) is 0 Å². The van der Waals surface area contributed by atoms with Crippen LogP contribution >= 0.6 is 0 Å². The normalized spacial score (nSPS) is 14.8. The number of fused-ring (bicyclic) bond motifs is 3. The van der Waals surface area contributed by atoms with Gasteiger partial charge < -0.3 is 24.2 Å². The second-order valence-electron chi connectivity index (χ2n) is 11.0. The lowest BCUT2D eigenvalue weighted by atomic mass is 9.98. The maximum Gasteiger partial charge on any atom is 0.349 e. The number of benzene rings is 2. The van der Waals surface area contributed by atoms with Crippen LogP contribution in [0.3, 0.4) is 0 Å².